The van der Waals surface area contributed by atoms with E-state index in [1.54, 1.807) is 12.1 Å². The number of hydrogen-bond donors (Lipinski definition) is 1. The summed E-state index contributed by atoms with van der Waals surface area (Å²) in [6.07, 6.45) is 0. The molecule has 221 valence electrons. The van der Waals surface area contributed by atoms with Crippen LogP contribution in [0.2, 0.25) is 0 Å². The fraction of sp³-hybridized carbons (Fsp3) is 0.324. The van der Waals surface area contributed by atoms with Crippen molar-refractivity contribution in [2.75, 3.05) is 0 Å². The second-order valence-electron chi connectivity index (χ2n) is 11.3. The Morgan fingerprint density at radius 2 is 1.02 bits per heavy atom. The van der Waals surface area contributed by atoms with Gasteiger partial charge in [-0.25, -0.2) is 8.42 Å². The average molecular weight is 681 g/mol. The number of hydrogen-bond acceptors (Lipinski definition) is 3. The van der Waals surface area contributed by atoms with E-state index in [9.17, 15) is 8.42 Å². The third-order valence-corrected chi connectivity index (χ3v) is 9.12. The van der Waals surface area contributed by atoms with Crippen LogP contribution in [0.25, 0.3) is 4.72 Å². The topological polar surface area (TPSA) is 74.3 Å². The number of benzene rings is 3. The Morgan fingerprint density at radius 1 is 0.659 bits per heavy atom. The molecular formula is C34H42ClN2O2RhS+. The van der Waals surface area contributed by atoms with Gasteiger partial charge in [0, 0.05) is 10.9 Å². The van der Waals surface area contributed by atoms with Gasteiger partial charge in [0.2, 0.25) is 0 Å². The molecule has 2 N–H and O–H groups in total. The summed E-state index contributed by atoms with van der Waals surface area (Å²) in [6, 6.07) is 24.4. The average Bonchev–Trinajstić information content (AvgIpc) is 3.15. The molecule has 1 fully saturated rings. The van der Waals surface area contributed by atoms with Crippen LogP contribution in [-0.4, -0.2) is 8.42 Å². The van der Waals surface area contributed by atoms with Crippen molar-refractivity contribution in [2.45, 2.75) is 77.8 Å². The van der Waals surface area contributed by atoms with Crippen LogP contribution >= 0.6 is 9.69 Å². The Balaban J connectivity index is 0.000000410. The first-order chi connectivity index (χ1) is 19.2. The number of rotatable bonds is 6. The van der Waals surface area contributed by atoms with Crippen LogP contribution < -0.4 is 5.73 Å². The normalized spacial score (nSPS) is 17.2. The molecule has 0 aliphatic heterocycles. The fourth-order valence-electron chi connectivity index (χ4n) is 4.59. The van der Waals surface area contributed by atoms with E-state index in [2.05, 4.69) is 69.8 Å². The van der Waals surface area contributed by atoms with Crippen LogP contribution in [0.3, 0.4) is 0 Å². The van der Waals surface area contributed by atoms with Crippen molar-refractivity contribution >= 4 is 19.7 Å². The molecule has 0 unspecified atom stereocenters. The van der Waals surface area contributed by atoms with Crippen LogP contribution in [-0.2, 0) is 32.7 Å². The van der Waals surface area contributed by atoms with Gasteiger partial charge in [0.05, 0.1) is 0 Å². The van der Waals surface area contributed by atoms with Crippen LogP contribution in [0.1, 0.15) is 84.2 Å². The van der Waals surface area contributed by atoms with Crippen LogP contribution in [0, 0.1) is 29.6 Å². The Bertz CT molecular complexity index is 1240. The molecule has 0 spiro atoms. The van der Waals surface area contributed by atoms with Gasteiger partial charge < -0.3 is 10.5 Å². The van der Waals surface area contributed by atoms with Gasteiger partial charge in [-0.2, -0.15) is 0 Å². The third kappa shape index (κ3) is 9.47. The zero-order valence-electron chi connectivity index (χ0n) is 25.2. The Morgan fingerprint density at radius 3 is 1.39 bits per heavy atom. The number of nitrogens with zero attached hydrogens (tertiary/aromatic N) is 1. The van der Waals surface area contributed by atoms with E-state index >= 15 is 0 Å². The maximum absolute atomic E-state index is 13.1. The number of nitrogens with two attached hydrogens (primary N) is 1. The summed E-state index contributed by atoms with van der Waals surface area (Å²) < 4.78 is 30.4. The molecule has 1 aliphatic rings. The van der Waals surface area contributed by atoms with E-state index in [1.807, 2.05) is 90.1 Å². The van der Waals surface area contributed by atoms with Crippen LogP contribution in [0.5, 0.6) is 0 Å². The first-order valence-electron chi connectivity index (χ1n) is 13.5. The summed E-state index contributed by atoms with van der Waals surface area (Å²) >= 11 is 2.02. The van der Waals surface area contributed by atoms with Crippen molar-refractivity contribution in [3.05, 3.63) is 136 Å². The summed E-state index contributed by atoms with van der Waals surface area (Å²) in [5.74, 6) is 7.34. The van der Waals surface area contributed by atoms with Crippen molar-refractivity contribution in [3.63, 3.8) is 0 Å². The number of halogens is 1. The predicted octanol–water partition coefficient (Wildman–Crippen LogP) is 9.15. The molecule has 3 aromatic rings. The first kappa shape index (κ1) is 35.6. The molecule has 41 heavy (non-hydrogen) atoms. The van der Waals surface area contributed by atoms with Gasteiger partial charge in [0.1, 0.15) is 10.0 Å². The van der Waals surface area contributed by atoms with E-state index in [4.69, 9.17) is 5.73 Å². The predicted molar refractivity (Wildman–Crippen MR) is 169 cm³/mol. The molecular weight excluding hydrogens is 639 g/mol. The molecule has 0 bridgehead atoms. The van der Waals surface area contributed by atoms with E-state index in [0.717, 1.165) is 16.7 Å². The summed E-state index contributed by atoms with van der Waals surface area (Å²) in [4.78, 5) is 0.173. The summed E-state index contributed by atoms with van der Waals surface area (Å²) in [6.45, 7) is 17.3. The molecule has 0 heterocycles. The van der Waals surface area contributed by atoms with Gasteiger partial charge in [-0.1, -0.05) is 140 Å². The molecule has 4 nitrogen and oxygen atoms in total. The molecule has 4 rings (SSSR count). The molecule has 2 atom stereocenters. The van der Waals surface area contributed by atoms with Crippen molar-refractivity contribution in [2.24, 2.45) is 5.73 Å². The molecule has 0 amide bonds. The van der Waals surface area contributed by atoms with E-state index < -0.39 is 22.1 Å². The van der Waals surface area contributed by atoms with Crippen molar-refractivity contribution in [3.8, 4) is 0 Å². The molecule has 1 aliphatic carbocycles. The monoisotopic (exact) mass is 680 g/mol. The fourth-order valence-corrected chi connectivity index (χ4v) is 5.74. The third-order valence-electron chi connectivity index (χ3n) is 7.75. The molecule has 7 heteroatoms. The van der Waals surface area contributed by atoms with E-state index in [0.29, 0.717) is 0 Å². The molecule has 3 aromatic carbocycles. The second-order valence-corrected chi connectivity index (χ2v) is 12.9. The molecule has 0 aromatic heterocycles. The van der Waals surface area contributed by atoms with Crippen molar-refractivity contribution in [1.82, 2.24) is 0 Å². The van der Waals surface area contributed by atoms with Gasteiger partial charge >= 0.3 is 27.0 Å². The Hall–Kier alpha value is -1.56. The van der Waals surface area contributed by atoms with Gasteiger partial charge in [-0.15, -0.1) is 0 Å². The minimum atomic E-state index is -3.88. The summed E-state index contributed by atoms with van der Waals surface area (Å²) in [5, 5.41) is 0. The van der Waals surface area contributed by atoms with Gasteiger partial charge in [-0.05, 0) is 58.3 Å². The van der Waals surface area contributed by atoms with Crippen LogP contribution in [0.4, 0.5) is 0 Å². The second kappa shape index (κ2) is 15.8. The zero-order valence-corrected chi connectivity index (χ0v) is 28.4. The Labute approximate surface area is 263 Å². The maximum atomic E-state index is 13.1. The molecule has 1 saturated carbocycles. The van der Waals surface area contributed by atoms with E-state index in [1.165, 1.54) is 29.6 Å². The van der Waals surface area contributed by atoms with Crippen molar-refractivity contribution < 1.29 is 25.7 Å². The summed E-state index contributed by atoms with van der Waals surface area (Å²) in [7, 11) is 0.651. The first-order valence-corrected chi connectivity index (χ1v) is 17.0. The molecule has 5 radical (unpaired) electrons. The van der Waals surface area contributed by atoms with Gasteiger partial charge in [0.15, 0.2) is 0 Å². The molecule has 0 saturated heterocycles. The standard InChI is InChI=1S/C24H27N2O2S.C10H15.ClH.Rh/c1-24(2,3)20-14-16-21(17-15-20)29(27,28)26-23(19-12-8-5-9-13-19)22(25)18-10-6-4-7-11-18;1-6-7(2)9(4)10(5)8(6)3;;/h4-17,22-23H,25H2,1-3H3;1-5H3;1H;/q-1;;;+3/p-1/t22-,23-;;;/m0.../s1. The summed E-state index contributed by atoms with van der Waals surface area (Å²) in [5.41, 5.74) is 9.09. The SMILES string of the molecule is CC(C)(C)c1ccc(S(=O)(=O)[N-][C@@H](c2ccccc2)[C@@H](N)c2ccccc2)cc1.C[C]1[C](C)[C](C)[C](C)[C]1C.[Cl][Rh+2]. The van der Waals surface area contributed by atoms with E-state index in [-0.39, 0.29) is 10.3 Å². The number of sulfonamides is 1. The quantitative estimate of drug-likeness (QED) is 0.264. The minimum absolute atomic E-state index is 0.0539. The van der Waals surface area contributed by atoms with Gasteiger partial charge in [-0.3, -0.25) is 0 Å². The van der Waals surface area contributed by atoms with Gasteiger partial charge in [0.25, 0.3) is 0 Å². The van der Waals surface area contributed by atoms with Crippen molar-refractivity contribution in [1.29, 1.82) is 0 Å². The zero-order chi connectivity index (χ0) is 31.0. The Kier molecular flexibility index (Phi) is 13.7. The van der Waals surface area contributed by atoms with Crippen LogP contribution in [0.15, 0.2) is 89.8 Å².